The standard InChI is InChI=1S/C40H47N3O4S/c1-29-18-22-37(23-19-29)48(46,47)43(36-21-20-31(3)32(4)25-36)28-39(44)42(27-34-15-11-12-30(2)24-34)38(26-33-13-7-5-8-14-33)40(45)41-35-16-9-6-10-17-35/h5,7-8,11-15,18-25,35,38H,6,9-10,16-17,26-28H2,1-4H3,(H,41,45). The first-order valence-electron chi connectivity index (χ1n) is 16.9. The number of nitrogens with one attached hydrogen (secondary N) is 1. The number of hydrogen-bond donors (Lipinski definition) is 1. The van der Waals surface area contributed by atoms with E-state index in [1.807, 2.05) is 88.4 Å². The lowest BCUT2D eigenvalue weighted by Gasteiger charge is -2.35. The molecule has 1 aliphatic carbocycles. The SMILES string of the molecule is Cc1ccc(S(=O)(=O)N(CC(=O)N(Cc2cccc(C)c2)C(Cc2ccccc2)C(=O)NC2CCCCC2)c2ccc(C)c(C)c2)cc1. The molecule has 1 unspecified atom stereocenters. The first-order chi connectivity index (χ1) is 23.0. The molecule has 0 bridgehead atoms. The van der Waals surface area contributed by atoms with Crippen molar-refractivity contribution >= 4 is 27.5 Å². The van der Waals surface area contributed by atoms with Crippen LogP contribution in [0.25, 0.3) is 0 Å². The number of benzene rings is 4. The van der Waals surface area contributed by atoms with Crippen molar-refractivity contribution in [3.8, 4) is 0 Å². The Morgan fingerprint density at radius 3 is 2.10 bits per heavy atom. The number of aryl methyl sites for hydroxylation is 4. The van der Waals surface area contributed by atoms with Crippen LogP contribution in [0, 0.1) is 27.7 Å². The summed E-state index contributed by atoms with van der Waals surface area (Å²) in [4.78, 5) is 30.7. The van der Waals surface area contributed by atoms with E-state index in [0.717, 1.165) is 65.5 Å². The van der Waals surface area contributed by atoms with Crippen LogP contribution in [0.1, 0.15) is 65.5 Å². The third-order valence-electron chi connectivity index (χ3n) is 9.32. The van der Waals surface area contributed by atoms with Crippen molar-refractivity contribution in [2.24, 2.45) is 0 Å². The predicted molar refractivity (Wildman–Crippen MR) is 192 cm³/mol. The number of hydrogen-bond acceptors (Lipinski definition) is 4. The Morgan fingerprint density at radius 1 is 0.750 bits per heavy atom. The van der Waals surface area contributed by atoms with Crippen LogP contribution in [0.4, 0.5) is 5.69 Å². The quantitative estimate of drug-likeness (QED) is 0.173. The number of anilines is 1. The van der Waals surface area contributed by atoms with E-state index in [2.05, 4.69) is 5.32 Å². The van der Waals surface area contributed by atoms with E-state index in [4.69, 9.17) is 0 Å². The molecule has 4 aromatic rings. The molecule has 4 aromatic carbocycles. The van der Waals surface area contributed by atoms with Crippen LogP contribution in [0.5, 0.6) is 0 Å². The van der Waals surface area contributed by atoms with Crippen LogP contribution in [0.15, 0.2) is 102 Å². The molecule has 0 radical (unpaired) electrons. The van der Waals surface area contributed by atoms with Gasteiger partial charge in [-0.15, -0.1) is 0 Å². The molecule has 0 saturated heterocycles. The minimum absolute atomic E-state index is 0.0504. The Bertz CT molecular complexity index is 1820. The first-order valence-corrected chi connectivity index (χ1v) is 18.3. The van der Waals surface area contributed by atoms with Gasteiger partial charge in [-0.05, 0) is 87.1 Å². The fourth-order valence-electron chi connectivity index (χ4n) is 6.35. The highest BCUT2D eigenvalue weighted by Crippen LogP contribution is 2.27. The maximum Gasteiger partial charge on any atom is 0.264 e. The molecule has 1 fully saturated rings. The summed E-state index contributed by atoms with van der Waals surface area (Å²) in [6, 6.07) is 28.8. The van der Waals surface area contributed by atoms with Crippen molar-refractivity contribution in [3.63, 3.8) is 0 Å². The Balaban J connectivity index is 1.58. The Hall–Kier alpha value is -4.43. The Morgan fingerprint density at radius 2 is 1.44 bits per heavy atom. The largest absolute Gasteiger partial charge is 0.352 e. The number of rotatable bonds is 12. The average Bonchev–Trinajstić information content (AvgIpc) is 3.07. The molecule has 1 saturated carbocycles. The van der Waals surface area contributed by atoms with Crippen LogP contribution in [0.3, 0.4) is 0 Å². The van der Waals surface area contributed by atoms with Crippen molar-refractivity contribution in [2.45, 2.75) is 89.7 Å². The number of nitrogens with zero attached hydrogens (tertiary/aromatic N) is 2. The zero-order chi connectivity index (χ0) is 34.3. The predicted octanol–water partition coefficient (Wildman–Crippen LogP) is 7.20. The summed E-state index contributed by atoms with van der Waals surface area (Å²) >= 11 is 0. The number of sulfonamides is 1. The van der Waals surface area contributed by atoms with Crippen molar-refractivity contribution in [1.82, 2.24) is 10.2 Å². The summed E-state index contributed by atoms with van der Waals surface area (Å²) in [6.45, 7) is 7.46. The van der Waals surface area contributed by atoms with Crippen LogP contribution in [0.2, 0.25) is 0 Å². The lowest BCUT2D eigenvalue weighted by Crippen LogP contribution is -2.55. The van der Waals surface area contributed by atoms with Gasteiger partial charge in [-0.3, -0.25) is 13.9 Å². The van der Waals surface area contributed by atoms with Gasteiger partial charge in [-0.1, -0.05) is 103 Å². The zero-order valence-corrected chi connectivity index (χ0v) is 29.3. The Kier molecular flexibility index (Phi) is 11.4. The van der Waals surface area contributed by atoms with Crippen LogP contribution in [-0.2, 0) is 32.6 Å². The monoisotopic (exact) mass is 665 g/mol. The zero-order valence-electron chi connectivity index (χ0n) is 28.5. The van der Waals surface area contributed by atoms with Gasteiger partial charge in [0.1, 0.15) is 12.6 Å². The second-order valence-corrected chi connectivity index (χ2v) is 15.0. The normalized spacial score (nSPS) is 14.2. The number of amides is 2. The van der Waals surface area contributed by atoms with E-state index in [0.29, 0.717) is 12.1 Å². The van der Waals surface area contributed by atoms with E-state index < -0.39 is 28.5 Å². The lowest BCUT2D eigenvalue weighted by atomic mass is 9.94. The van der Waals surface area contributed by atoms with E-state index in [1.54, 1.807) is 41.3 Å². The molecule has 0 aliphatic heterocycles. The molecule has 48 heavy (non-hydrogen) atoms. The van der Waals surface area contributed by atoms with Gasteiger partial charge in [0.05, 0.1) is 10.6 Å². The highest BCUT2D eigenvalue weighted by Gasteiger charge is 2.35. The van der Waals surface area contributed by atoms with Gasteiger partial charge in [0.2, 0.25) is 11.8 Å². The van der Waals surface area contributed by atoms with Gasteiger partial charge in [0.25, 0.3) is 10.0 Å². The third-order valence-corrected chi connectivity index (χ3v) is 11.1. The summed E-state index contributed by atoms with van der Waals surface area (Å²) < 4.78 is 29.9. The second-order valence-electron chi connectivity index (χ2n) is 13.2. The van der Waals surface area contributed by atoms with Gasteiger partial charge in [-0.25, -0.2) is 8.42 Å². The number of carbonyl (C=O) groups is 2. The highest BCUT2D eigenvalue weighted by molar-refractivity contribution is 7.92. The van der Waals surface area contributed by atoms with E-state index in [1.165, 1.54) is 4.31 Å². The molecular weight excluding hydrogens is 619 g/mol. The van der Waals surface area contributed by atoms with Gasteiger partial charge in [-0.2, -0.15) is 0 Å². The highest BCUT2D eigenvalue weighted by atomic mass is 32.2. The molecule has 5 rings (SSSR count). The van der Waals surface area contributed by atoms with Crippen LogP contribution >= 0.6 is 0 Å². The minimum Gasteiger partial charge on any atom is -0.352 e. The van der Waals surface area contributed by atoms with Crippen molar-refractivity contribution < 1.29 is 18.0 Å². The molecule has 1 aliphatic rings. The van der Waals surface area contributed by atoms with Gasteiger partial charge in [0, 0.05) is 19.0 Å². The smallest absolute Gasteiger partial charge is 0.264 e. The lowest BCUT2D eigenvalue weighted by molar-refractivity contribution is -0.140. The molecule has 1 N–H and O–H groups in total. The van der Waals surface area contributed by atoms with E-state index in [-0.39, 0.29) is 23.4 Å². The van der Waals surface area contributed by atoms with Gasteiger partial charge >= 0.3 is 0 Å². The summed E-state index contributed by atoms with van der Waals surface area (Å²) in [6.07, 6.45) is 5.38. The summed E-state index contributed by atoms with van der Waals surface area (Å²) in [5.74, 6) is -0.670. The molecule has 252 valence electrons. The van der Waals surface area contributed by atoms with Crippen molar-refractivity contribution in [3.05, 3.63) is 130 Å². The first kappa shape index (κ1) is 34.9. The second kappa shape index (κ2) is 15.6. The molecule has 2 amide bonds. The van der Waals surface area contributed by atoms with Gasteiger partial charge < -0.3 is 10.2 Å². The topological polar surface area (TPSA) is 86.8 Å². The maximum absolute atomic E-state index is 14.8. The van der Waals surface area contributed by atoms with Crippen LogP contribution < -0.4 is 9.62 Å². The fraction of sp³-hybridized carbons (Fsp3) is 0.350. The molecule has 0 heterocycles. The summed E-state index contributed by atoms with van der Waals surface area (Å²) in [7, 11) is -4.15. The molecule has 7 nitrogen and oxygen atoms in total. The molecule has 1 atom stereocenters. The minimum atomic E-state index is -4.15. The van der Waals surface area contributed by atoms with E-state index in [9.17, 15) is 18.0 Å². The molecular formula is C40H47N3O4S. The van der Waals surface area contributed by atoms with Gasteiger partial charge in [0.15, 0.2) is 0 Å². The molecule has 0 aromatic heterocycles. The maximum atomic E-state index is 14.8. The van der Waals surface area contributed by atoms with Crippen LogP contribution in [-0.4, -0.2) is 43.8 Å². The van der Waals surface area contributed by atoms with Crippen molar-refractivity contribution in [2.75, 3.05) is 10.8 Å². The Labute approximate surface area is 286 Å². The molecule has 0 spiro atoms. The summed E-state index contributed by atoms with van der Waals surface area (Å²) in [5.41, 5.74) is 6.07. The molecule has 8 heteroatoms. The fourth-order valence-corrected chi connectivity index (χ4v) is 7.76. The summed E-state index contributed by atoms with van der Waals surface area (Å²) in [5, 5.41) is 3.27. The number of carbonyl (C=O) groups excluding carboxylic acids is 2. The average molecular weight is 666 g/mol. The van der Waals surface area contributed by atoms with E-state index >= 15 is 0 Å². The third kappa shape index (κ3) is 8.72. The van der Waals surface area contributed by atoms with Crippen molar-refractivity contribution in [1.29, 1.82) is 0 Å².